The Morgan fingerprint density at radius 2 is 1.82 bits per heavy atom. The van der Waals surface area contributed by atoms with Gasteiger partial charge in [0, 0.05) is 35.1 Å². The molecule has 3 aromatic carbocycles. The molecule has 198 valence electrons. The fourth-order valence-corrected chi connectivity index (χ4v) is 5.85. The summed E-state index contributed by atoms with van der Waals surface area (Å²) < 4.78 is 5.89. The number of ether oxygens (including phenoxy) is 1. The molecule has 38 heavy (non-hydrogen) atoms. The van der Waals surface area contributed by atoms with Crippen molar-refractivity contribution in [2.75, 3.05) is 32.1 Å². The minimum Gasteiger partial charge on any atom is -0.447 e. The van der Waals surface area contributed by atoms with Gasteiger partial charge in [-0.05, 0) is 50.8 Å². The van der Waals surface area contributed by atoms with Crippen LogP contribution in [-0.4, -0.2) is 55.0 Å². The minimum atomic E-state index is -1.21. The Labute approximate surface area is 234 Å². The zero-order valence-corrected chi connectivity index (χ0v) is 23.2. The molecule has 1 aliphatic rings. The molecule has 0 aromatic heterocycles. The minimum absolute atomic E-state index is 0.0673. The summed E-state index contributed by atoms with van der Waals surface area (Å²) in [5.74, 6) is -1.24. The van der Waals surface area contributed by atoms with Crippen molar-refractivity contribution in [1.29, 1.82) is 0 Å². The maximum absolute atomic E-state index is 14.1. The zero-order chi connectivity index (χ0) is 27.6. The van der Waals surface area contributed by atoms with E-state index < -0.39 is 28.2 Å². The number of non-ortho nitro benzene ring substituents is 1. The van der Waals surface area contributed by atoms with Crippen LogP contribution in [0.25, 0.3) is 0 Å². The van der Waals surface area contributed by atoms with E-state index in [2.05, 4.69) is 0 Å². The normalized spacial score (nSPS) is 17.2. The summed E-state index contributed by atoms with van der Waals surface area (Å²) in [6.07, 6.45) is -1.21. The molecule has 0 fully saturated rings. The van der Waals surface area contributed by atoms with Gasteiger partial charge in [0.05, 0.1) is 26.4 Å². The lowest BCUT2D eigenvalue weighted by Gasteiger charge is -2.28. The highest BCUT2D eigenvalue weighted by atomic mass is 35.5. The Hall–Kier alpha value is -3.11. The van der Waals surface area contributed by atoms with Crippen LogP contribution in [0.15, 0.2) is 65.6 Å². The lowest BCUT2D eigenvalue weighted by molar-refractivity contribution is -0.384. The summed E-state index contributed by atoms with van der Waals surface area (Å²) >= 11 is 13.9. The van der Waals surface area contributed by atoms with Gasteiger partial charge in [-0.2, -0.15) is 0 Å². The van der Waals surface area contributed by atoms with Gasteiger partial charge in [-0.15, -0.1) is 11.8 Å². The van der Waals surface area contributed by atoms with Crippen LogP contribution in [0.4, 0.5) is 11.4 Å². The number of nitro groups is 1. The van der Waals surface area contributed by atoms with E-state index in [0.717, 1.165) is 22.1 Å². The highest BCUT2D eigenvalue weighted by Gasteiger charge is 2.41. The number of esters is 1. The predicted molar refractivity (Wildman–Crippen MR) is 149 cm³/mol. The van der Waals surface area contributed by atoms with Crippen molar-refractivity contribution in [2.24, 2.45) is 0 Å². The Kier molecular flexibility index (Phi) is 8.62. The Bertz CT molecular complexity index is 1380. The number of thioether (sulfide) groups is 1. The second kappa shape index (κ2) is 11.7. The number of benzene rings is 3. The van der Waals surface area contributed by atoms with Gasteiger partial charge in [-0.25, -0.2) is 4.79 Å². The van der Waals surface area contributed by atoms with E-state index in [1.807, 2.05) is 50.2 Å². The molecule has 1 heterocycles. The Morgan fingerprint density at radius 3 is 2.45 bits per heavy atom. The van der Waals surface area contributed by atoms with Crippen LogP contribution in [0, 0.1) is 17.0 Å². The molecule has 0 N–H and O–H groups in total. The highest BCUT2D eigenvalue weighted by molar-refractivity contribution is 7.99. The maximum Gasteiger partial charge on any atom is 0.340 e. The Balaban J connectivity index is 1.79. The highest BCUT2D eigenvalue weighted by Crippen LogP contribution is 2.47. The van der Waals surface area contributed by atoms with Crippen LogP contribution in [0.3, 0.4) is 0 Å². The summed E-state index contributed by atoms with van der Waals surface area (Å²) in [5.41, 5.74) is 2.19. The molecule has 0 aliphatic carbocycles. The van der Waals surface area contributed by atoms with E-state index in [9.17, 15) is 19.7 Å². The number of hydrogen-bond acceptors (Lipinski definition) is 7. The maximum atomic E-state index is 14.1. The first-order valence-electron chi connectivity index (χ1n) is 11.7. The molecule has 11 heteroatoms. The topological polar surface area (TPSA) is 93.0 Å². The number of carbonyl (C=O) groups is 2. The molecule has 0 saturated carbocycles. The number of hydrogen-bond donors (Lipinski definition) is 0. The quantitative estimate of drug-likeness (QED) is 0.189. The van der Waals surface area contributed by atoms with Crippen LogP contribution in [0.2, 0.25) is 10.0 Å². The third-order valence-corrected chi connectivity index (χ3v) is 7.95. The van der Waals surface area contributed by atoms with Crippen molar-refractivity contribution in [3.63, 3.8) is 0 Å². The van der Waals surface area contributed by atoms with Gasteiger partial charge in [0.2, 0.25) is 0 Å². The summed E-state index contributed by atoms with van der Waals surface area (Å²) in [6, 6.07) is 16.5. The second-order valence-electron chi connectivity index (χ2n) is 9.10. The number of halogens is 2. The fraction of sp³-hybridized carbons (Fsp3) is 0.259. The summed E-state index contributed by atoms with van der Waals surface area (Å²) in [5, 5.41) is 10.9. The first-order chi connectivity index (χ1) is 18.0. The largest absolute Gasteiger partial charge is 0.447 e. The molecule has 0 saturated heterocycles. The molecule has 0 bridgehead atoms. The first kappa shape index (κ1) is 27.9. The molecule has 8 nitrogen and oxygen atoms in total. The molecule has 0 spiro atoms. The lowest BCUT2D eigenvalue weighted by Crippen LogP contribution is -2.45. The van der Waals surface area contributed by atoms with Gasteiger partial charge in [-0.1, -0.05) is 53.0 Å². The monoisotopic (exact) mass is 573 g/mol. The van der Waals surface area contributed by atoms with E-state index in [1.54, 1.807) is 23.1 Å². The third kappa shape index (κ3) is 6.13. The first-order valence-corrected chi connectivity index (χ1v) is 13.3. The van der Waals surface area contributed by atoms with E-state index in [4.69, 9.17) is 27.9 Å². The number of rotatable bonds is 7. The summed E-state index contributed by atoms with van der Waals surface area (Å²) in [7, 11) is 3.81. The van der Waals surface area contributed by atoms with Gasteiger partial charge < -0.3 is 14.5 Å². The van der Waals surface area contributed by atoms with Gasteiger partial charge in [-0.3, -0.25) is 14.9 Å². The SMILES string of the molecule is Cc1ccc(C2Sc3cc(Cl)ccc3N(CCN(C)C)C(=O)C2OC(=O)c2ccc([N+](=O)[O-])cc2Cl)cc1. The summed E-state index contributed by atoms with van der Waals surface area (Å²) in [6.45, 7) is 2.89. The standard InChI is InChI=1S/C27H25Cl2N3O5S/c1-16-4-6-17(7-5-16)25-24(37-27(34)20-10-9-19(32(35)36)15-21(20)29)26(33)31(13-12-30(2)3)22-11-8-18(28)14-23(22)38-25/h4-11,14-15,24-25H,12-13H2,1-3H3. The number of fused-ring (bicyclic) bond motifs is 1. The number of aryl methyl sites for hydroxylation is 1. The van der Waals surface area contributed by atoms with E-state index in [1.165, 1.54) is 23.9 Å². The van der Waals surface area contributed by atoms with E-state index >= 15 is 0 Å². The molecular formula is C27H25Cl2N3O5S. The van der Waals surface area contributed by atoms with Gasteiger partial charge in [0.1, 0.15) is 0 Å². The Morgan fingerprint density at radius 1 is 1.11 bits per heavy atom. The smallest absolute Gasteiger partial charge is 0.340 e. The van der Waals surface area contributed by atoms with Crippen molar-refractivity contribution in [3.8, 4) is 0 Å². The van der Waals surface area contributed by atoms with Crippen molar-refractivity contribution < 1.29 is 19.2 Å². The molecule has 2 unspecified atom stereocenters. The van der Waals surface area contributed by atoms with Crippen LogP contribution >= 0.6 is 35.0 Å². The van der Waals surface area contributed by atoms with Crippen LogP contribution < -0.4 is 4.90 Å². The fourth-order valence-electron chi connectivity index (χ4n) is 4.01. The zero-order valence-electron chi connectivity index (χ0n) is 20.9. The van der Waals surface area contributed by atoms with Crippen molar-refractivity contribution >= 4 is 58.2 Å². The number of nitrogens with zero attached hydrogens (tertiary/aromatic N) is 3. The van der Waals surface area contributed by atoms with Crippen molar-refractivity contribution in [3.05, 3.63) is 97.5 Å². The molecule has 2 atom stereocenters. The number of likely N-dealkylation sites (N-methyl/N-ethyl adjacent to an activating group) is 1. The molecule has 3 aromatic rings. The molecule has 1 aliphatic heterocycles. The molecule has 1 amide bonds. The molecule has 4 rings (SSSR count). The number of nitro benzene ring substituents is 1. The van der Waals surface area contributed by atoms with Crippen LogP contribution in [-0.2, 0) is 9.53 Å². The average Bonchev–Trinajstić information content (AvgIpc) is 2.97. The third-order valence-electron chi connectivity index (χ3n) is 6.05. The van der Waals surface area contributed by atoms with Gasteiger partial charge in [0.15, 0.2) is 6.10 Å². The second-order valence-corrected chi connectivity index (χ2v) is 11.1. The van der Waals surface area contributed by atoms with Gasteiger partial charge >= 0.3 is 5.97 Å². The average molecular weight is 574 g/mol. The number of amides is 1. The van der Waals surface area contributed by atoms with Crippen molar-refractivity contribution in [2.45, 2.75) is 23.2 Å². The molecular weight excluding hydrogens is 549 g/mol. The summed E-state index contributed by atoms with van der Waals surface area (Å²) in [4.78, 5) is 42.3. The van der Waals surface area contributed by atoms with E-state index in [-0.39, 0.29) is 16.3 Å². The van der Waals surface area contributed by atoms with Gasteiger partial charge in [0.25, 0.3) is 11.6 Å². The van der Waals surface area contributed by atoms with Crippen LogP contribution in [0.1, 0.15) is 26.7 Å². The molecule has 0 radical (unpaired) electrons. The van der Waals surface area contributed by atoms with Crippen LogP contribution in [0.5, 0.6) is 0 Å². The van der Waals surface area contributed by atoms with Crippen molar-refractivity contribution in [1.82, 2.24) is 4.90 Å². The van der Waals surface area contributed by atoms with E-state index in [0.29, 0.717) is 23.8 Å². The number of carbonyl (C=O) groups excluding carboxylic acids is 2. The lowest BCUT2D eigenvalue weighted by atomic mass is 10.0. The number of anilines is 1. The predicted octanol–water partition coefficient (Wildman–Crippen LogP) is 6.18.